The van der Waals surface area contributed by atoms with E-state index >= 15 is 0 Å². The van der Waals surface area contributed by atoms with Crippen LogP contribution in [-0.4, -0.2) is 26.7 Å². The van der Waals surface area contributed by atoms with Crippen LogP contribution in [0.5, 0.6) is 0 Å². The molecule has 0 fully saturated rings. The van der Waals surface area contributed by atoms with Crippen LogP contribution in [-0.2, 0) is 18.4 Å². The highest BCUT2D eigenvalue weighted by atomic mass is 32.2. The van der Waals surface area contributed by atoms with E-state index in [2.05, 4.69) is 15.6 Å². The predicted octanol–water partition coefficient (Wildman–Crippen LogP) is 1.00. The number of hydrogen-bond acceptors (Lipinski definition) is 5. The summed E-state index contributed by atoms with van der Waals surface area (Å²) in [6, 6.07) is 7.79. The minimum Gasteiger partial charge on any atom is -0.378 e. The van der Waals surface area contributed by atoms with Gasteiger partial charge in [0.2, 0.25) is 5.91 Å². The SMILES string of the molecule is Cn1nncc1CNc1ccccc1SCC(N)=O. The van der Waals surface area contributed by atoms with Crippen molar-refractivity contribution in [3.8, 4) is 0 Å². The Morgan fingerprint density at radius 3 is 2.95 bits per heavy atom. The van der Waals surface area contributed by atoms with Crippen molar-refractivity contribution in [1.29, 1.82) is 0 Å². The quantitative estimate of drug-likeness (QED) is 0.769. The number of carbonyl (C=O) groups is 1. The van der Waals surface area contributed by atoms with Crippen molar-refractivity contribution in [2.45, 2.75) is 11.4 Å². The minimum absolute atomic E-state index is 0.270. The summed E-state index contributed by atoms with van der Waals surface area (Å²) in [5.41, 5.74) is 7.11. The number of anilines is 1. The predicted molar refractivity (Wildman–Crippen MR) is 74.7 cm³/mol. The first-order valence-electron chi connectivity index (χ1n) is 5.74. The fourth-order valence-corrected chi connectivity index (χ4v) is 2.31. The minimum atomic E-state index is -0.323. The number of primary amides is 1. The van der Waals surface area contributed by atoms with Crippen LogP contribution in [0.1, 0.15) is 5.69 Å². The van der Waals surface area contributed by atoms with Gasteiger partial charge in [-0.3, -0.25) is 9.48 Å². The number of nitrogens with two attached hydrogens (primary N) is 1. The number of nitrogens with one attached hydrogen (secondary N) is 1. The first-order chi connectivity index (χ1) is 9.16. The molecule has 1 amide bonds. The molecule has 0 aliphatic rings. The number of carbonyl (C=O) groups excluding carboxylic acids is 1. The molecule has 100 valence electrons. The number of aryl methyl sites for hydroxylation is 1. The fraction of sp³-hybridized carbons (Fsp3) is 0.250. The molecule has 7 heteroatoms. The van der Waals surface area contributed by atoms with E-state index in [-0.39, 0.29) is 11.7 Å². The van der Waals surface area contributed by atoms with Crippen LogP contribution in [0.25, 0.3) is 0 Å². The first-order valence-corrected chi connectivity index (χ1v) is 6.73. The summed E-state index contributed by atoms with van der Waals surface area (Å²) >= 11 is 1.42. The van der Waals surface area contributed by atoms with Gasteiger partial charge in [0.1, 0.15) is 0 Å². The van der Waals surface area contributed by atoms with E-state index < -0.39 is 0 Å². The molecule has 0 bridgehead atoms. The monoisotopic (exact) mass is 277 g/mol. The van der Waals surface area contributed by atoms with Gasteiger partial charge in [0.15, 0.2) is 0 Å². The van der Waals surface area contributed by atoms with Crippen molar-refractivity contribution >= 4 is 23.4 Å². The Morgan fingerprint density at radius 2 is 2.26 bits per heavy atom. The van der Waals surface area contributed by atoms with Gasteiger partial charge in [-0.05, 0) is 12.1 Å². The molecule has 2 aromatic rings. The van der Waals surface area contributed by atoms with E-state index in [0.717, 1.165) is 16.3 Å². The number of rotatable bonds is 6. The Bertz CT molecular complexity index is 569. The Labute approximate surface area is 115 Å². The average molecular weight is 277 g/mol. The molecule has 1 heterocycles. The van der Waals surface area contributed by atoms with E-state index in [0.29, 0.717) is 6.54 Å². The second-order valence-corrected chi connectivity index (χ2v) is 4.97. The lowest BCUT2D eigenvalue weighted by Crippen LogP contribution is -2.13. The number of para-hydroxylation sites is 1. The maximum absolute atomic E-state index is 10.8. The zero-order chi connectivity index (χ0) is 13.7. The van der Waals surface area contributed by atoms with Crippen LogP contribution in [0.15, 0.2) is 35.4 Å². The van der Waals surface area contributed by atoms with Crippen molar-refractivity contribution in [2.24, 2.45) is 12.8 Å². The molecule has 0 unspecified atom stereocenters. The molecule has 1 aromatic carbocycles. The van der Waals surface area contributed by atoms with Crippen LogP contribution in [0.3, 0.4) is 0 Å². The number of thioether (sulfide) groups is 1. The van der Waals surface area contributed by atoms with Gasteiger partial charge in [-0.15, -0.1) is 16.9 Å². The summed E-state index contributed by atoms with van der Waals surface area (Å²) in [6.07, 6.45) is 1.71. The highest BCUT2D eigenvalue weighted by Gasteiger charge is 2.05. The Kier molecular flexibility index (Phi) is 4.40. The van der Waals surface area contributed by atoms with Crippen LogP contribution in [0.2, 0.25) is 0 Å². The third-order valence-electron chi connectivity index (χ3n) is 2.53. The van der Waals surface area contributed by atoms with Crippen molar-refractivity contribution in [2.75, 3.05) is 11.1 Å². The van der Waals surface area contributed by atoms with Gasteiger partial charge in [-0.25, -0.2) is 0 Å². The summed E-state index contributed by atoms with van der Waals surface area (Å²) in [5.74, 6) is -0.0537. The lowest BCUT2D eigenvalue weighted by Gasteiger charge is -2.10. The molecule has 6 nitrogen and oxygen atoms in total. The zero-order valence-corrected chi connectivity index (χ0v) is 11.4. The molecule has 0 atom stereocenters. The smallest absolute Gasteiger partial charge is 0.227 e. The van der Waals surface area contributed by atoms with Crippen molar-refractivity contribution < 1.29 is 4.79 Å². The largest absolute Gasteiger partial charge is 0.378 e. The van der Waals surface area contributed by atoms with Crippen molar-refractivity contribution in [3.63, 3.8) is 0 Å². The van der Waals surface area contributed by atoms with Gasteiger partial charge >= 0.3 is 0 Å². The third kappa shape index (κ3) is 3.72. The summed E-state index contributed by atoms with van der Waals surface area (Å²) < 4.78 is 1.71. The summed E-state index contributed by atoms with van der Waals surface area (Å²) in [7, 11) is 1.84. The van der Waals surface area contributed by atoms with Gasteiger partial charge in [-0.2, -0.15) is 0 Å². The molecule has 0 radical (unpaired) electrons. The molecule has 0 spiro atoms. The first kappa shape index (κ1) is 13.4. The highest BCUT2D eigenvalue weighted by molar-refractivity contribution is 8.00. The van der Waals surface area contributed by atoms with Crippen LogP contribution < -0.4 is 11.1 Å². The van der Waals surface area contributed by atoms with Gasteiger partial charge < -0.3 is 11.1 Å². The Hall–Kier alpha value is -2.02. The van der Waals surface area contributed by atoms with Crippen molar-refractivity contribution in [1.82, 2.24) is 15.0 Å². The maximum Gasteiger partial charge on any atom is 0.227 e. The van der Waals surface area contributed by atoms with E-state index in [1.807, 2.05) is 31.3 Å². The molecule has 3 N–H and O–H groups in total. The molecule has 0 aliphatic carbocycles. The molecule has 0 saturated carbocycles. The molecule has 0 aliphatic heterocycles. The molecular weight excluding hydrogens is 262 g/mol. The van der Waals surface area contributed by atoms with Gasteiger partial charge in [0.05, 0.1) is 24.2 Å². The van der Waals surface area contributed by atoms with Gasteiger partial charge in [-0.1, -0.05) is 17.3 Å². The number of aromatic nitrogens is 3. The summed E-state index contributed by atoms with van der Waals surface area (Å²) in [5, 5.41) is 11.0. The van der Waals surface area contributed by atoms with Crippen LogP contribution in [0.4, 0.5) is 5.69 Å². The van der Waals surface area contributed by atoms with Gasteiger partial charge in [0.25, 0.3) is 0 Å². The number of hydrogen-bond donors (Lipinski definition) is 2. The Balaban J connectivity index is 2.03. The summed E-state index contributed by atoms with van der Waals surface area (Å²) in [6.45, 7) is 0.623. The van der Waals surface area contributed by atoms with Crippen molar-refractivity contribution in [3.05, 3.63) is 36.2 Å². The molecule has 1 aromatic heterocycles. The number of nitrogens with zero attached hydrogens (tertiary/aromatic N) is 3. The normalized spacial score (nSPS) is 10.4. The molecule has 19 heavy (non-hydrogen) atoms. The van der Waals surface area contributed by atoms with E-state index in [1.54, 1.807) is 10.9 Å². The number of benzene rings is 1. The molecular formula is C12H15N5OS. The summed E-state index contributed by atoms with van der Waals surface area (Å²) in [4.78, 5) is 11.8. The lowest BCUT2D eigenvalue weighted by molar-refractivity contribution is -0.115. The second-order valence-electron chi connectivity index (χ2n) is 3.95. The lowest BCUT2D eigenvalue weighted by atomic mass is 10.3. The maximum atomic E-state index is 10.8. The van der Waals surface area contributed by atoms with Gasteiger partial charge in [0, 0.05) is 17.6 Å². The second kappa shape index (κ2) is 6.24. The molecule has 0 saturated heterocycles. The average Bonchev–Trinajstić information content (AvgIpc) is 2.80. The fourth-order valence-electron chi connectivity index (χ4n) is 1.54. The highest BCUT2D eigenvalue weighted by Crippen LogP contribution is 2.26. The number of amides is 1. The van der Waals surface area contributed by atoms with Crippen LogP contribution >= 0.6 is 11.8 Å². The third-order valence-corrected chi connectivity index (χ3v) is 3.62. The topological polar surface area (TPSA) is 85.8 Å². The zero-order valence-electron chi connectivity index (χ0n) is 10.5. The Morgan fingerprint density at radius 1 is 1.47 bits per heavy atom. The van der Waals surface area contributed by atoms with E-state index in [4.69, 9.17) is 5.73 Å². The van der Waals surface area contributed by atoms with E-state index in [1.165, 1.54) is 11.8 Å². The van der Waals surface area contributed by atoms with E-state index in [9.17, 15) is 4.79 Å². The standard InChI is InChI=1S/C12H15N5OS/c1-17-9(7-15-16-17)6-14-10-4-2-3-5-11(10)19-8-12(13)18/h2-5,7,14H,6,8H2,1H3,(H2,13,18). The van der Waals surface area contributed by atoms with Crippen LogP contribution in [0, 0.1) is 0 Å². The molecule has 2 rings (SSSR count).